The molecule has 0 amide bonds. The minimum atomic E-state index is -0.399. The molecular formula is C19H19NO3. The second-order valence-corrected chi connectivity index (χ2v) is 4.92. The summed E-state index contributed by atoms with van der Waals surface area (Å²) in [4.78, 5) is 15.4. The number of nitrogens with zero attached hydrogens (tertiary/aromatic N) is 1. The average molecular weight is 309 g/mol. The van der Waals surface area contributed by atoms with Gasteiger partial charge in [-0.25, -0.2) is 4.79 Å². The summed E-state index contributed by atoms with van der Waals surface area (Å²) in [5, 5.41) is 0. The first-order chi connectivity index (χ1) is 11.1. The molecule has 0 saturated heterocycles. The van der Waals surface area contributed by atoms with Crippen LogP contribution in [0.5, 0.6) is 5.75 Å². The van der Waals surface area contributed by atoms with E-state index in [0.717, 1.165) is 17.0 Å². The van der Waals surface area contributed by atoms with E-state index in [4.69, 9.17) is 9.47 Å². The Morgan fingerprint density at radius 3 is 2.57 bits per heavy atom. The Morgan fingerprint density at radius 1 is 1.13 bits per heavy atom. The molecule has 0 spiro atoms. The fourth-order valence-corrected chi connectivity index (χ4v) is 1.75. The number of aromatic nitrogens is 1. The van der Waals surface area contributed by atoms with Crippen LogP contribution in [0.15, 0.2) is 60.8 Å². The van der Waals surface area contributed by atoms with Crippen LogP contribution in [-0.4, -0.2) is 24.2 Å². The number of hydrogen-bond donors (Lipinski definition) is 0. The zero-order chi connectivity index (χ0) is 16.5. The van der Waals surface area contributed by atoms with Crippen molar-refractivity contribution in [1.29, 1.82) is 0 Å². The maximum Gasteiger partial charge on any atom is 0.333 e. The zero-order valence-corrected chi connectivity index (χ0v) is 13.1. The molecule has 1 heterocycles. The van der Waals surface area contributed by atoms with Crippen LogP contribution >= 0.6 is 0 Å². The van der Waals surface area contributed by atoms with Crippen molar-refractivity contribution >= 4 is 18.1 Å². The number of ether oxygens (including phenoxy) is 2. The summed E-state index contributed by atoms with van der Waals surface area (Å²) in [5.41, 5.74) is 2.35. The van der Waals surface area contributed by atoms with Crippen molar-refractivity contribution in [3.63, 3.8) is 0 Å². The molecule has 118 valence electrons. The molecule has 1 aromatic carbocycles. The average Bonchev–Trinajstić information content (AvgIpc) is 2.58. The van der Waals surface area contributed by atoms with E-state index in [1.807, 2.05) is 54.6 Å². The first kappa shape index (κ1) is 16.5. The van der Waals surface area contributed by atoms with Crippen LogP contribution in [0.25, 0.3) is 12.2 Å². The van der Waals surface area contributed by atoms with Gasteiger partial charge in [0.1, 0.15) is 19.0 Å². The zero-order valence-electron chi connectivity index (χ0n) is 13.1. The molecule has 1 aromatic heterocycles. The molecule has 0 saturated carbocycles. The van der Waals surface area contributed by atoms with Gasteiger partial charge >= 0.3 is 5.97 Å². The highest BCUT2D eigenvalue weighted by molar-refractivity contribution is 5.86. The Hall–Kier alpha value is -2.88. The lowest BCUT2D eigenvalue weighted by Crippen LogP contribution is -2.12. The Balaban J connectivity index is 1.79. The van der Waals surface area contributed by atoms with E-state index < -0.39 is 5.97 Å². The lowest BCUT2D eigenvalue weighted by Gasteiger charge is -2.07. The molecule has 4 nitrogen and oxygen atoms in total. The third kappa shape index (κ3) is 5.79. The lowest BCUT2D eigenvalue weighted by atomic mass is 10.2. The van der Waals surface area contributed by atoms with Crippen molar-refractivity contribution in [1.82, 2.24) is 4.98 Å². The van der Waals surface area contributed by atoms with E-state index >= 15 is 0 Å². The highest BCUT2D eigenvalue weighted by Crippen LogP contribution is 2.14. The number of hydrogen-bond acceptors (Lipinski definition) is 4. The minimum absolute atomic E-state index is 0.201. The Kier molecular flexibility index (Phi) is 6.12. The third-order valence-electron chi connectivity index (χ3n) is 2.95. The topological polar surface area (TPSA) is 48.4 Å². The normalized spacial score (nSPS) is 10.5. The first-order valence-electron chi connectivity index (χ1n) is 7.30. The highest BCUT2D eigenvalue weighted by atomic mass is 16.6. The molecule has 0 aliphatic heterocycles. The Bertz CT molecular complexity index is 676. The van der Waals surface area contributed by atoms with Crippen molar-refractivity contribution < 1.29 is 14.3 Å². The molecule has 0 atom stereocenters. The highest BCUT2D eigenvalue weighted by Gasteiger charge is 2.02. The van der Waals surface area contributed by atoms with E-state index in [1.165, 1.54) is 0 Å². The van der Waals surface area contributed by atoms with Gasteiger partial charge in [-0.1, -0.05) is 30.9 Å². The van der Waals surface area contributed by atoms with E-state index in [0.29, 0.717) is 12.2 Å². The summed E-state index contributed by atoms with van der Waals surface area (Å²) in [7, 11) is 0. The van der Waals surface area contributed by atoms with Gasteiger partial charge in [-0.3, -0.25) is 4.98 Å². The molecule has 2 rings (SSSR count). The summed E-state index contributed by atoms with van der Waals surface area (Å²) in [6.07, 6.45) is 5.70. The van der Waals surface area contributed by atoms with Gasteiger partial charge in [0.2, 0.25) is 0 Å². The van der Waals surface area contributed by atoms with E-state index in [9.17, 15) is 4.79 Å². The van der Waals surface area contributed by atoms with Crippen LogP contribution in [0.4, 0.5) is 0 Å². The molecule has 0 fully saturated rings. The smallest absolute Gasteiger partial charge is 0.333 e. The van der Waals surface area contributed by atoms with Gasteiger partial charge in [0.15, 0.2) is 0 Å². The first-order valence-corrected chi connectivity index (χ1v) is 7.30. The van der Waals surface area contributed by atoms with Gasteiger partial charge in [-0.2, -0.15) is 0 Å². The molecule has 0 aliphatic rings. The van der Waals surface area contributed by atoms with E-state index in [-0.39, 0.29) is 6.61 Å². The second-order valence-electron chi connectivity index (χ2n) is 4.92. The number of benzene rings is 1. The van der Waals surface area contributed by atoms with Crippen LogP contribution in [-0.2, 0) is 9.53 Å². The van der Waals surface area contributed by atoms with Crippen LogP contribution < -0.4 is 4.74 Å². The predicted octanol–water partition coefficient (Wildman–Crippen LogP) is 3.75. The molecule has 23 heavy (non-hydrogen) atoms. The van der Waals surface area contributed by atoms with Crippen LogP contribution in [0.2, 0.25) is 0 Å². The van der Waals surface area contributed by atoms with Crippen molar-refractivity contribution in [2.45, 2.75) is 6.92 Å². The van der Waals surface area contributed by atoms with Gasteiger partial charge in [0.25, 0.3) is 0 Å². The number of carbonyl (C=O) groups excluding carboxylic acids is 1. The molecule has 2 aromatic rings. The quantitative estimate of drug-likeness (QED) is 0.444. The molecule has 0 unspecified atom stereocenters. The fourth-order valence-electron chi connectivity index (χ4n) is 1.75. The van der Waals surface area contributed by atoms with Crippen molar-refractivity contribution in [2.24, 2.45) is 0 Å². The van der Waals surface area contributed by atoms with E-state index in [2.05, 4.69) is 11.6 Å². The largest absolute Gasteiger partial charge is 0.490 e. The number of esters is 1. The van der Waals surface area contributed by atoms with Crippen molar-refractivity contribution in [3.05, 3.63) is 72.1 Å². The Morgan fingerprint density at radius 2 is 1.91 bits per heavy atom. The maximum absolute atomic E-state index is 11.2. The monoisotopic (exact) mass is 309 g/mol. The van der Waals surface area contributed by atoms with Gasteiger partial charge in [-0.15, -0.1) is 0 Å². The summed E-state index contributed by atoms with van der Waals surface area (Å²) in [6.45, 7) is 5.64. The fraction of sp³-hybridized carbons (Fsp3) is 0.158. The third-order valence-corrected chi connectivity index (χ3v) is 2.95. The standard InChI is InChI=1S/C19H19NO3/c1-15(2)19(21)23-14-13-22-18-10-7-16(8-11-18)6-9-17-5-3-4-12-20-17/h3-12H,1,13-14H2,2H3/b9-6+. The van der Waals surface area contributed by atoms with Gasteiger partial charge in [-0.05, 0) is 42.8 Å². The molecule has 0 bridgehead atoms. The maximum atomic E-state index is 11.2. The van der Waals surface area contributed by atoms with Crippen molar-refractivity contribution in [3.8, 4) is 5.75 Å². The summed E-state index contributed by atoms with van der Waals surface area (Å²) < 4.78 is 10.5. The molecule has 4 heteroatoms. The van der Waals surface area contributed by atoms with Crippen molar-refractivity contribution in [2.75, 3.05) is 13.2 Å². The minimum Gasteiger partial charge on any atom is -0.490 e. The van der Waals surface area contributed by atoms with Crippen LogP contribution in [0.3, 0.4) is 0 Å². The Labute approximate surface area is 136 Å². The number of carbonyl (C=O) groups is 1. The number of pyridine rings is 1. The molecule has 0 aliphatic carbocycles. The number of rotatable bonds is 7. The van der Waals surface area contributed by atoms with Crippen LogP contribution in [0, 0.1) is 0 Å². The molecule has 0 radical (unpaired) electrons. The molecule has 0 N–H and O–H groups in total. The van der Waals surface area contributed by atoms with Gasteiger partial charge in [0, 0.05) is 11.8 Å². The summed E-state index contributed by atoms with van der Waals surface area (Å²) >= 11 is 0. The predicted molar refractivity (Wildman–Crippen MR) is 90.9 cm³/mol. The molecular weight excluding hydrogens is 290 g/mol. The lowest BCUT2D eigenvalue weighted by molar-refractivity contribution is -0.139. The second kappa shape index (κ2) is 8.54. The van der Waals surface area contributed by atoms with Gasteiger partial charge < -0.3 is 9.47 Å². The van der Waals surface area contributed by atoms with E-state index in [1.54, 1.807) is 13.1 Å². The van der Waals surface area contributed by atoms with Gasteiger partial charge in [0.05, 0.1) is 5.69 Å². The summed E-state index contributed by atoms with van der Waals surface area (Å²) in [6, 6.07) is 13.4. The summed E-state index contributed by atoms with van der Waals surface area (Å²) in [5.74, 6) is 0.329. The van der Waals surface area contributed by atoms with Crippen LogP contribution in [0.1, 0.15) is 18.2 Å². The SMILES string of the molecule is C=C(C)C(=O)OCCOc1ccc(/C=C/c2ccccn2)cc1.